The van der Waals surface area contributed by atoms with Crippen molar-refractivity contribution in [1.29, 1.82) is 0 Å². The molecule has 7 nitrogen and oxygen atoms in total. The number of carbonyl (C=O) groups excluding carboxylic acids is 2. The molecule has 3 aliphatic rings. The molecule has 7 heteroatoms. The van der Waals surface area contributed by atoms with E-state index in [4.69, 9.17) is 9.15 Å². The van der Waals surface area contributed by atoms with E-state index in [9.17, 15) is 9.59 Å². The van der Waals surface area contributed by atoms with Crippen molar-refractivity contribution in [2.75, 3.05) is 52.4 Å². The van der Waals surface area contributed by atoms with Gasteiger partial charge in [-0.05, 0) is 49.8 Å². The average molecular weight is 416 g/mol. The molecule has 1 unspecified atom stereocenters. The Morgan fingerprint density at radius 1 is 1.13 bits per heavy atom. The van der Waals surface area contributed by atoms with Crippen LogP contribution in [0.15, 0.2) is 28.9 Å². The molecule has 1 aromatic heterocycles. The maximum Gasteiger partial charge on any atom is 0.236 e. The Hall–Kier alpha value is -2.12. The number of likely N-dealkylation sites (tertiary alicyclic amines) is 1. The molecule has 0 spiro atoms. The number of amides is 2. The Kier molecular flexibility index (Phi) is 7.23. The van der Waals surface area contributed by atoms with Gasteiger partial charge in [0.1, 0.15) is 5.76 Å². The first kappa shape index (κ1) is 21.1. The first-order valence-electron chi connectivity index (χ1n) is 11.3. The molecule has 2 saturated heterocycles. The van der Waals surface area contributed by atoms with Gasteiger partial charge < -0.3 is 19.0 Å². The Balaban J connectivity index is 1.31. The van der Waals surface area contributed by atoms with Gasteiger partial charge >= 0.3 is 0 Å². The third-order valence-corrected chi connectivity index (χ3v) is 6.08. The summed E-state index contributed by atoms with van der Waals surface area (Å²) in [4.78, 5) is 30.7. The van der Waals surface area contributed by atoms with Crippen LogP contribution in [0.5, 0.6) is 0 Å². The summed E-state index contributed by atoms with van der Waals surface area (Å²) in [5.74, 6) is 1.91. The minimum atomic E-state index is 0.0301. The average Bonchev–Trinajstić information content (AvgIpc) is 3.29. The van der Waals surface area contributed by atoms with Crippen LogP contribution >= 0.6 is 0 Å². The Morgan fingerprint density at radius 3 is 2.73 bits per heavy atom. The van der Waals surface area contributed by atoms with Gasteiger partial charge in [0.05, 0.1) is 18.9 Å². The molecule has 30 heavy (non-hydrogen) atoms. The van der Waals surface area contributed by atoms with Crippen LogP contribution in [0.3, 0.4) is 0 Å². The van der Waals surface area contributed by atoms with Crippen LogP contribution in [0.25, 0.3) is 6.08 Å². The highest BCUT2D eigenvalue weighted by Crippen LogP contribution is 2.29. The molecule has 4 rings (SSSR count). The normalized spacial score (nSPS) is 23.7. The molecular formula is C23H33N3O4. The zero-order valence-corrected chi connectivity index (χ0v) is 17.7. The molecule has 1 aliphatic carbocycles. The molecule has 0 radical (unpaired) electrons. The van der Waals surface area contributed by atoms with E-state index in [0.29, 0.717) is 38.5 Å². The third kappa shape index (κ3) is 6.19. The first-order chi connectivity index (χ1) is 14.7. The zero-order valence-electron chi connectivity index (χ0n) is 17.7. The summed E-state index contributed by atoms with van der Waals surface area (Å²) in [6.45, 7) is 5.55. The fraction of sp³-hybridized carbons (Fsp3) is 0.652. The highest BCUT2D eigenvalue weighted by atomic mass is 16.5. The van der Waals surface area contributed by atoms with Crippen molar-refractivity contribution in [3.8, 4) is 0 Å². The number of hydrogen-bond acceptors (Lipinski definition) is 5. The molecule has 3 heterocycles. The fourth-order valence-electron chi connectivity index (χ4n) is 4.16. The van der Waals surface area contributed by atoms with Crippen molar-refractivity contribution >= 4 is 17.9 Å². The van der Waals surface area contributed by atoms with Gasteiger partial charge in [-0.25, -0.2) is 0 Å². The van der Waals surface area contributed by atoms with Crippen molar-refractivity contribution in [3.05, 3.63) is 30.2 Å². The zero-order chi connectivity index (χ0) is 20.8. The minimum absolute atomic E-state index is 0.0301. The number of furan rings is 1. The maximum absolute atomic E-state index is 12.9. The van der Waals surface area contributed by atoms with Gasteiger partial charge in [0.2, 0.25) is 11.8 Å². The topological polar surface area (TPSA) is 66.2 Å². The fourth-order valence-corrected chi connectivity index (χ4v) is 4.16. The van der Waals surface area contributed by atoms with E-state index in [1.807, 2.05) is 34.1 Å². The molecular weight excluding hydrogens is 382 g/mol. The minimum Gasteiger partial charge on any atom is -0.465 e. The summed E-state index contributed by atoms with van der Waals surface area (Å²) in [5.41, 5.74) is 0. The second-order valence-corrected chi connectivity index (χ2v) is 8.69. The predicted octanol–water partition coefficient (Wildman–Crippen LogP) is 2.24. The van der Waals surface area contributed by atoms with Crippen LogP contribution < -0.4 is 0 Å². The van der Waals surface area contributed by atoms with Gasteiger partial charge in [-0.3, -0.25) is 14.5 Å². The standard InChI is InChI=1S/C23H33N3O4/c27-22-7-2-11-25(22)12-4-13-26-16-21(30-18-19-8-9-19)15-24(17-23(26)28)10-1-5-20-6-3-14-29-20/h1,3,5-6,14,19,21H,2,4,7-13,15-18H2. The second kappa shape index (κ2) is 10.3. The van der Waals surface area contributed by atoms with E-state index in [2.05, 4.69) is 4.90 Å². The Labute approximate surface area is 178 Å². The molecule has 1 saturated carbocycles. The third-order valence-electron chi connectivity index (χ3n) is 6.08. The van der Waals surface area contributed by atoms with Crippen LogP contribution in [0, 0.1) is 5.92 Å². The summed E-state index contributed by atoms with van der Waals surface area (Å²) >= 11 is 0. The SMILES string of the molecule is O=C1CCCN1CCCN1CC(OCC2CC2)CN(CC=Cc2ccco2)CC1=O. The van der Waals surface area contributed by atoms with E-state index in [-0.39, 0.29) is 17.9 Å². The number of rotatable bonds is 10. The summed E-state index contributed by atoms with van der Waals surface area (Å²) in [6, 6.07) is 3.78. The van der Waals surface area contributed by atoms with Gasteiger partial charge in [0.25, 0.3) is 0 Å². The lowest BCUT2D eigenvalue weighted by atomic mass is 10.3. The lowest BCUT2D eigenvalue weighted by molar-refractivity contribution is -0.131. The molecule has 2 aliphatic heterocycles. The number of ether oxygens (including phenoxy) is 1. The smallest absolute Gasteiger partial charge is 0.236 e. The highest BCUT2D eigenvalue weighted by molar-refractivity contribution is 5.79. The van der Waals surface area contributed by atoms with Crippen molar-refractivity contribution in [2.45, 2.75) is 38.2 Å². The molecule has 3 fully saturated rings. The Morgan fingerprint density at radius 2 is 2.00 bits per heavy atom. The van der Waals surface area contributed by atoms with E-state index in [1.165, 1.54) is 12.8 Å². The monoisotopic (exact) mass is 415 g/mol. The number of hydrogen-bond donors (Lipinski definition) is 0. The largest absolute Gasteiger partial charge is 0.465 e. The van der Waals surface area contributed by atoms with E-state index >= 15 is 0 Å². The van der Waals surface area contributed by atoms with Gasteiger partial charge in [-0.1, -0.05) is 6.08 Å². The van der Waals surface area contributed by atoms with Gasteiger partial charge in [0.15, 0.2) is 0 Å². The number of carbonyl (C=O) groups is 2. The molecule has 0 N–H and O–H groups in total. The van der Waals surface area contributed by atoms with Crippen LogP contribution in [-0.2, 0) is 14.3 Å². The molecule has 2 amide bonds. The van der Waals surface area contributed by atoms with E-state index < -0.39 is 0 Å². The van der Waals surface area contributed by atoms with Crippen molar-refractivity contribution in [1.82, 2.24) is 14.7 Å². The molecule has 0 bridgehead atoms. The van der Waals surface area contributed by atoms with Crippen molar-refractivity contribution in [2.24, 2.45) is 5.92 Å². The van der Waals surface area contributed by atoms with Crippen LogP contribution in [0.2, 0.25) is 0 Å². The van der Waals surface area contributed by atoms with Crippen LogP contribution in [0.1, 0.15) is 37.9 Å². The number of nitrogens with zero attached hydrogens (tertiary/aromatic N) is 3. The summed E-state index contributed by atoms with van der Waals surface area (Å²) in [5, 5.41) is 0. The molecule has 1 aromatic rings. The Bertz CT molecular complexity index is 729. The van der Waals surface area contributed by atoms with E-state index in [1.54, 1.807) is 6.26 Å². The van der Waals surface area contributed by atoms with Gasteiger partial charge in [-0.2, -0.15) is 0 Å². The summed E-state index contributed by atoms with van der Waals surface area (Å²) in [6.07, 6.45) is 10.6. The van der Waals surface area contributed by atoms with E-state index in [0.717, 1.165) is 44.8 Å². The summed E-state index contributed by atoms with van der Waals surface area (Å²) < 4.78 is 11.5. The van der Waals surface area contributed by atoms with Crippen molar-refractivity contribution in [3.63, 3.8) is 0 Å². The lowest BCUT2D eigenvalue weighted by Crippen LogP contribution is -2.40. The molecule has 164 valence electrons. The predicted molar refractivity (Wildman–Crippen MR) is 114 cm³/mol. The van der Waals surface area contributed by atoms with Crippen LogP contribution in [-0.4, -0.2) is 85.0 Å². The summed E-state index contributed by atoms with van der Waals surface area (Å²) in [7, 11) is 0. The second-order valence-electron chi connectivity index (χ2n) is 8.69. The lowest BCUT2D eigenvalue weighted by Gasteiger charge is -2.25. The maximum atomic E-state index is 12.9. The van der Waals surface area contributed by atoms with Crippen molar-refractivity contribution < 1.29 is 18.7 Å². The quantitative estimate of drug-likeness (QED) is 0.586. The van der Waals surface area contributed by atoms with Gasteiger partial charge in [-0.15, -0.1) is 0 Å². The van der Waals surface area contributed by atoms with Crippen LogP contribution in [0.4, 0.5) is 0 Å². The van der Waals surface area contributed by atoms with Gasteiger partial charge in [0, 0.05) is 52.3 Å². The molecule has 1 atom stereocenters. The highest BCUT2D eigenvalue weighted by Gasteiger charge is 2.30. The first-order valence-corrected chi connectivity index (χ1v) is 11.3. The molecule has 0 aromatic carbocycles.